The first-order chi connectivity index (χ1) is 13.8. The number of hydrogen-bond donors (Lipinski definition) is 1. The van der Waals surface area contributed by atoms with Gasteiger partial charge in [0, 0.05) is 29.7 Å². The van der Waals surface area contributed by atoms with Crippen molar-refractivity contribution >= 4 is 5.71 Å². The van der Waals surface area contributed by atoms with Crippen LogP contribution in [0.4, 0.5) is 0 Å². The van der Waals surface area contributed by atoms with Gasteiger partial charge >= 0.3 is 0 Å². The van der Waals surface area contributed by atoms with Crippen LogP contribution in [0.5, 0.6) is 0 Å². The van der Waals surface area contributed by atoms with Crippen molar-refractivity contribution in [2.45, 2.75) is 90.5 Å². The van der Waals surface area contributed by atoms with E-state index in [1.54, 1.807) is 0 Å². The molecule has 0 unspecified atom stereocenters. The Balaban J connectivity index is 1.49. The molecule has 3 heteroatoms. The van der Waals surface area contributed by atoms with Crippen LogP contribution in [0.25, 0.3) is 11.4 Å². The highest BCUT2D eigenvalue weighted by Gasteiger charge is 2.17. The maximum Gasteiger partial charge on any atom is 0.140 e. The number of unbranched alkanes of at least 4 members (excludes halogenated alkanes) is 3. The van der Waals surface area contributed by atoms with Crippen LogP contribution in [0.2, 0.25) is 0 Å². The first kappa shape index (κ1) is 20.8. The number of imidazole rings is 1. The number of nitrogens with zero attached hydrogens (tertiary/aromatic N) is 2. The minimum atomic E-state index is 0.595. The van der Waals surface area contributed by atoms with Crippen molar-refractivity contribution in [2.24, 2.45) is 5.92 Å². The molecule has 0 atom stereocenters. The Morgan fingerprint density at radius 3 is 2.57 bits per heavy atom. The SMILES string of the molecule is CCCCn1c(CCCCCC(=N)C2CCCCC2)cnc1-c1ccccc1. The molecule has 1 aliphatic rings. The van der Waals surface area contributed by atoms with Gasteiger partial charge in [-0.3, -0.25) is 0 Å². The van der Waals surface area contributed by atoms with E-state index in [1.165, 1.54) is 75.5 Å². The number of nitrogens with one attached hydrogen (secondary N) is 1. The van der Waals surface area contributed by atoms with Crippen molar-refractivity contribution in [1.29, 1.82) is 5.41 Å². The molecule has 1 aliphatic carbocycles. The van der Waals surface area contributed by atoms with Gasteiger partial charge in [-0.05, 0) is 50.9 Å². The summed E-state index contributed by atoms with van der Waals surface area (Å²) in [5, 5.41) is 8.38. The summed E-state index contributed by atoms with van der Waals surface area (Å²) in [6.07, 6.45) is 16.7. The quantitative estimate of drug-likeness (QED) is 0.330. The molecule has 1 saturated carbocycles. The van der Waals surface area contributed by atoms with Crippen molar-refractivity contribution in [3.05, 3.63) is 42.2 Å². The second-order valence-electron chi connectivity index (χ2n) is 8.37. The van der Waals surface area contributed by atoms with E-state index in [0.717, 1.165) is 30.9 Å². The molecule has 152 valence electrons. The molecule has 2 aromatic rings. The molecule has 0 bridgehead atoms. The molecular formula is C25H37N3. The summed E-state index contributed by atoms with van der Waals surface area (Å²) in [7, 11) is 0. The molecule has 3 rings (SSSR count). The lowest BCUT2D eigenvalue weighted by Crippen LogP contribution is -2.16. The minimum absolute atomic E-state index is 0.595. The van der Waals surface area contributed by atoms with Crippen LogP contribution in [-0.4, -0.2) is 15.3 Å². The Hall–Kier alpha value is -1.90. The first-order valence-corrected chi connectivity index (χ1v) is 11.5. The summed E-state index contributed by atoms with van der Waals surface area (Å²) in [5.41, 5.74) is 3.61. The highest BCUT2D eigenvalue weighted by molar-refractivity contribution is 5.83. The lowest BCUT2D eigenvalue weighted by atomic mass is 9.84. The normalized spacial score (nSPS) is 15.0. The molecule has 0 amide bonds. The number of hydrogen-bond acceptors (Lipinski definition) is 2. The zero-order valence-electron chi connectivity index (χ0n) is 17.6. The van der Waals surface area contributed by atoms with E-state index >= 15 is 0 Å². The van der Waals surface area contributed by atoms with E-state index in [2.05, 4.69) is 48.0 Å². The van der Waals surface area contributed by atoms with E-state index in [9.17, 15) is 0 Å². The summed E-state index contributed by atoms with van der Waals surface area (Å²) in [5.74, 6) is 1.71. The summed E-state index contributed by atoms with van der Waals surface area (Å²) < 4.78 is 2.43. The first-order valence-electron chi connectivity index (χ1n) is 11.5. The monoisotopic (exact) mass is 379 g/mol. The number of rotatable bonds is 11. The van der Waals surface area contributed by atoms with Crippen LogP contribution in [0.1, 0.15) is 83.2 Å². The van der Waals surface area contributed by atoms with Crippen LogP contribution >= 0.6 is 0 Å². The lowest BCUT2D eigenvalue weighted by molar-refractivity contribution is 0.432. The van der Waals surface area contributed by atoms with Crippen molar-refractivity contribution < 1.29 is 0 Å². The molecule has 1 aromatic heterocycles. The number of aromatic nitrogens is 2. The van der Waals surface area contributed by atoms with Crippen molar-refractivity contribution in [3.63, 3.8) is 0 Å². The van der Waals surface area contributed by atoms with E-state index in [1.807, 2.05) is 0 Å². The summed E-state index contributed by atoms with van der Waals surface area (Å²) in [6.45, 7) is 3.31. The van der Waals surface area contributed by atoms with Crippen molar-refractivity contribution in [2.75, 3.05) is 0 Å². The molecule has 0 radical (unpaired) electrons. The highest BCUT2D eigenvalue weighted by Crippen LogP contribution is 2.26. The Morgan fingerprint density at radius 2 is 1.82 bits per heavy atom. The van der Waals surface area contributed by atoms with Gasteiger partial charge < -0.3 is 9.98 Å². The predicted octanol–water partition coefficient (Wildman–Crippen LogP) is 7.05. The molecule has 28 heavy (non-hydrogen) atoms. The second-order valence-corrected chi connectivity index (χ2v) is 8.37. The zero-order chi connectivity index (χ0) is 19.6. The van der Waals surface area contributed by atoms with Crippen LogP contribution in [0.15, 0.2) is 36.5 Å². The molecule has 3 nitrogen and oxygen atoms in total. The fraction of sp³-hybridized carbons (Fsp3) is 0.600. The van der Waals surface area contributed by atoms with Crippen molar-refractivity contribution in [3.8, 4) is 11.4 Å². The average Bonchev–Trinajstić information content (AvgIpc) is 3.15. The topological polar surface area (TPSA) is 41.7 Å². The van der Waals surface area contributed by atoms with Gasteiger partial charge in [0.1, 0.15) is 5.82 Å². The van der Waals surface area contributed by atoms with Gasteiger partial charge in [-0.1, -0.05) is 69.4 Å². The average molecular weight is 380 g/mol. The zero-order valence-corrected chi connectivity index (χ0v) is 17.6. The van der Waals surface area contributed by atoms with Gasteiger partial charge in [0.15, 0.2) is 0 Å². The molecular weight excluding hydrogens is 342 g/mol. The standard InChI is InChI=1S/C25H37N3/c1-2-3-19-28-23(20-27-25(28)22-15-9-5-10-16-22)17-11-6-12-18-24(26)21-13-7-4-8-14-21/h5,9-10,15-16,20-21,26H,2-4,6-8,11-14,17-19H2,1H3. The Bertz CT molecular complexity index is 711. The highest BCUT2D eigenvalue weighted by atomic mass is 15.1. The smallest absolute Gasteiger partial charge is 0.140 e. The van der Waals surface area contributed by atoms with Crippen molar-refractivity contribution in [1.82, 2.24) is 9.55 Å². The fourth-order valence-electron chi connectivity index (χ4n) is 4.45. The number of benzene rings is 1. The lowest BCUT2D eigenvalue weighted by Gasteiger charge is -2.22. The van der Waals surface area contributed by atoms with Gasteiger partial charge in [-0.25, -0.2) is 4.98 Å². The van der Waals surface area contributed by atoms with Gasteiger partial charge in [-0.2, -0.15) is 0 Å². The van der Waals surface area contributed by atoms with Crippen LogP contribution in [0, 0.1) is 11.3 Å². The van der Waals surface area contributed by atoms with E-state index < -0.39 is 0 Å². The Morgan fingerprint density at radius 1 is 1.04 bits per heavy atom. The molecule has 0 aliphatic heterocycles. The fourth-order valence-corrected chi connectivity index (χ4v) is 4.45. The summed E-state index contributed by atoms with van der Waals surface area (Å²) in [4.78, 5) is 4.76. The minimum Gasteiger partial charge on any atom is -0.328 e. The van der Waals surface area contributed by atoms with Crippen LogP contribution < -0.4 is 0 Å². The third-order valence-corrected chi connectivity index (χ3v) is 6.18. The Kier molecular flexibility index (Phi) is 8.32. The maximum atomic E-state index is 8.38. The van der Waals surface area contributed by atoms with E-state index in [4.69, 9.17) is 10.4 Å². The molecule has 1 N–H and O–H groups in total. The largest absolute Gasteiger partial charge is 0.328 e. The second kappa shape index (κ2) is 11.2. The molecule has 1 fully saturated rings. The number of aryl methyl sites for hydroxylation is 1. The van der Waals surface area contributed by atoms with Gasteiger partial charge in [0.2, 0.25) is 0 Å². The third kappa shape index (κ3) is 5.80. The Labute approximate surface area is 171 Å². The molecule has 1 heterocycles. The van der Waals surface area contributed by atoms with Crippen LogP contribution in [-0.2, 0) is 13.0 Å². The third-order valence-electron chi connectivity index (χ3n) is 6.18. The molecule has 1 aromatic carbocycles. The van der Waals surface area contributed by atoms with E-state index in [-0.39, 0.29) is 0 Å². The molecule has 0 spiro atoms. The maximum absolute atomic E-state index is 8.38. The predicted molar refractivity (Wildman–Crippen MR) is 119 cm³/mol. The van der Waals surface area contributed by atoms with Gasteiger partial charge in [-0.15, -0.1) is 0 Å². The summed E-state index contributed by atoms with van der Waals surface area (Å²) >= 11 is 0. The summed E-state index contributed by atoms with van der Waals surface area (Å²) in [6, 6.07) is 10.6. The molecule has 0 saturated heterocycles. The van der Waals surface area contributed by atoms with E-state index in [0.29, 0.717) is 5.92 Å². The van der Waals surface area contributed by atoms with Gasteiger partial charge in [0.25, 0.3) is 0 Å². The van der Waals surface area contributed by atoms with Crippen LogP contribution in [0.3, 0.4) is 0 Å². The van der Waals surface area contributed by atoms with Gasteiger partial charge in [0.05, 0.1) is 0 Å².